The summed E-state index contributed by atoms with van der Waals surface area (Å²) >= 11 is 0. The molecule has 2 aromatic rings. The summed E-state index contributed by atoms with van der Waals surface area (Å²) in [7, 11) is 2.81. The zero-order valence-electron chi connectivity index (χ0n) is 13.0. The molecule has 0 saturated carbocycles. The van der Waals surface area contributed by atoms with E-state index in [1.807, 2.05) is 0 Å². The van der Waals surface area contributed by atoms with Crippen LogP contribution < -0.4 is 15.4 Å². The number of halogens is 2. The first-order valence-electron chi connectivity index (χ1n) is 6.93. The number of aromatic nitrogens is 1. The third kappa shape index (κ3) is 3.83. The van der Waals surface area contributed by atoms with Gasteiger partial charge in [0.25, 0.3) is 5.91 Å². The van der Waals surface area contributed by atoms with Gasteiger partial charge in [0.05, 0.1) is 12.7 Å². The Labute approximate surface area is 136 Å². The summed E-state index contributed by atoms with van der Waals surface area (Å²) in [5.41, 5.74) is 0.301. The van der Waals surface area contributed by atoms with E-state index in [-0.39, 0.29) is 11.1 Å². The molecule has 0 radical (unpaired) electrons. The summed E-state index contributed by atoms with van der Waals surface area (Å²) < 4.78 is 31.4. The molecule has 0 aliphatic carbocycles. The largest absolute Gasteiger partial charge is 0.481 e. The van der Waals surface area contributed by atoms with Crippen LogP contribution in [0.1, 0.15) is 22.0 Å². The van der Waals surface area contributed by atoms with Crippen LogP contribution in [0.5, 0.6) is 5.88 Å². The monoisotopic (exact) mass is 335 g/mol. The van der Waals surface area contributed by atoms with Crippen LogP contribution >= 0.6 is 0 Å². The quantitative estimate of drug-likeness (QED) is 0.869. The Bertz CT molecular complexity index is 751. The summed E-state index contributed by atoms with van der Waals surface area (Å²) in [4.78, 5) is 28.2. The number of ether oxygens (including phenoxy) is 1. The molecular formula is C16H15F2N3O3. The third-order valence-electron chi connectivity index (χ3n) is 3.27. The highest BCUT2D eigenvalue weighted by Crippen LogP contribution is 2.18. The van der Waals surface area contributed by atoms with Gasteiger partial charge in [0.1, 0.15) is 6.04 Å². The summed E-state index contributed by atoms with van der Waals surface area (Å²) in [5, 5.41) is 4.83. The Hall–Kier alpha value is -3.03. The van der Waals surface area contributed by atoms with Crippen LogP contribution in [-0.4, -0.2) is 31.0 Å². The number of methoxy groups -OCH3 is 1. The molecule has 0 aliphatic heterocycles. The molecule has 0 spiro atoms. The molecule has 1 aromatic heterocycles. The maximum Gasteiger partial charge on any atom is 0.253 e. The molecular weight excluding hydrogens is 320 g/mol. The van der Waals surface area contributed by atoms with Crippen molar-refractivity contribution in [1.82, 2.24) is 15.6 Å². The molecule has 0 fully saturated rings. The Balaban J connectivity index is 2.26. The van der Waals surface area contributed by atoms with E-state index in [9.17, 15) is 18.4 Å². The van der Waals surface area contributed by atoms with Crippen molar-refractivity contribution >= 4 is 11.8 Å². The van der Waals surface area contributed by atoms with E-state index in [1.165, 1.54) is 38.6 Å². The van der Waals surface area contributed by atoms with Gasteiger partial charge >= 0.3 is 0 Å². The van der Waals surface area contributed by atoms with Gasteiger partial charge in [-0.25, -0.2) is 13.8 Å². The molecule has 2 rings (SSSR count). The van der Waals surface area contributed by atoms with Crippen molar-refractivity contribution in [3.05, 3.63) is 59.3 Å². The lowest BCUT2D eigenvalue weighted by molar-refractivity contribution is -0.122. The summed E-state index contributed by atoms with van der Waals surface area (Å²) in [6, 6.07) is 4.75. The molecule has 6 nitrogen and oxygen atoms in total. The predicted octanol–water partition coefficient (Wildman–Crippen LogP) is 1.59. The number of nitrogens with one attached hydrogen (secondary N) is 2. The molecule has 1 heterocycles. The Morgan fingerprint density at radius 3 is 2.46 bits per heavy atom. The lowest BCUT2D eigenvalue weighted by Gasteiger charge is -2.18. The fraction of sp³-hybridized carbons (Fsp3) is 0.188. The fourth-order valence-electron chi connectivity index (χ4n) is 1.99. The van der Waals surface area contributed by atoms with Crippen molar-refractivity contribution in [2.24, 2.45) is 0 Å². The van der Waals surface area contributed by atoms with Gasteiger partial charge in [-0.2, -0.15) is 0 Å². The Morgan fingerprint density at radius 2 is 1.92 bits per heavy atom. The number of amides is 2. The summed E-state index contributed by atoms with van der Waals surface area (Å²) in [6.07, 6.45) is 1.28. The van der Waals surface area contributed by atoms with E-state index >= 15 is 0 Å². The zero-order valence-corrected chi connectivity index (χ0v) is 13.0. The second-order valence-corrected chi connectivity index (χ2v) is 4.78. The van der Waals surface area contributed by atoms with Crippen LogP contribution in [-0.2, 0) is 4.79 Å². The van der Waals surface area contributed by atoms with Crippen LogP contribution in [0.4, 0.5) is 8.78 Å². The van der Waals surface area contributed by atoms with Gasteiger partial charge in [0.15, 0.2) is 11.6 Å². The number of pyridine rings is 1. The van der Waals surface area contributed by atoms with Crippen molar-refractivity contribution < 1.29 is 23.1 Å². The second-order valence-electron chi connectivity index (χ2n) is 4.78. The average molecular weight is 335 g/mol. The van der Waals surface area contributed by atoms with E-state index < -0.39 is 29.5 Å². The highest BCUT2D eigenvalue weighted by Gasteiger charge is 2.23. The number of nitrogens with zero attached hydrogens (tertiary/aromatic N) is 1. The number of carbonyl (C=O) groups excluding carboxylic acids is 2. The first-order chi connectivity index (χ1) is 11.5. The van der Waals surface area contributed by atoms with Crippen LogP contribution in [0, 0.1) is 11.6 Å². The summed E-state index contributed by atoms with van der Waals surface area (Å²) in [6.45, 7) is 0. The predicted molar refractivity (Wildman–Crippen MR) is 81.4 cm³/mol. The molecule has 2 amide bonds. The molecule has 2 N–H and O–H groups in total. The Morgan fingerprint density at radius 1 is 1.17 bits per heavy atom. The lowest BCUT2D eigenvalue weighted by Crippen LogP contribution is -2.39. The smallest absolute Gasteiger partial charge is 0.253 e. The molecule has 0 bridgehead atoms. The van der Waals surface area contributed by atoms with Crippen LogP contribution in [0.25, 0.3) is 0 Å². The molecule has 1 atom stereocenters. The first kappa shape index (κ1) is 17.3. The minimum Gasteiger partial charge on any atom is -0.481 e. The van der Waals surface area contributed by atoms with Crippen LogP contribution in [0.15, 0.2) is 36.5 Å². The van der Waals surface area contributed by atoms with Gasteiger partial charge in [-0.05, 0) is 23.8 Å². The molecule has 24 heavy (non-hydrogen) atoms. The molecule has 1 aromatic carbocycles. The van der Waals surface area contributed by atoms with E-state index in [4.69, 9.17) is 4.74 Å². The van der Waals surface area contributed by atoms with Gasteiger partial charge in [-0.1, -0.05) is 6.07 Å². The second kappa shape index (κ2) is 7.49. The van der Waals surface area contributed by atoms with Crippen molar-refractivity contribution in [2.45, 2.75) is 6.04 Å². The zero-order chi connectivity index (χ0) is 17.7. The molecule has 8 heteroatoms. The number of likely N-dealkylation sites (N-methyl/N-ethyl adjacent to an activating group) is 1. The van der Waals surface area contributed by atoms with Gasteiger partial charge in [-0.3, -0.25) is 9.59 Å². The molecule has 126 valence electrons. The number of benzene rings is 1. The topological polar surface area (TPSA) is 80.3 Å². The lowest BCUT2D eigenvalue weighted by atomic mass is 10.1. The van der Waals surface area contributed by atoms with E-state index in [0.29, 0.717) is 5.88 Å². The molecule has 1 unspecified atom stereocenters. The highest BCUT2D eigenvalue weighted by atomic mass is 19.2. The van der Waals surface area contributed by atoms with Crippen molar-refractivity contribution in [3.8, 4) is 5.88 Å². The van der Waals surface area contributed by atoms with E-state index in [0.717, 1.165) is 12.1 Å². The van der Waals surface area contributed by atoms with Crippen molar-refractivity contribution in [2.75, 3.05) is 14.2 Å². The fourth-order valence-corrected chi connectivity index (χ4v) is 1.99. The maximum absolute atomic E-state index is 13.4. The summed E-state index contributed by atoms with van der Waals surface area (Å²) in [5.74, 6) is -2.99. The SMILES string of the molecule is CNC(=O)C(NC(=O)c1ccc(OC)nc1)c1ccc(F)c(F)c1. The number of rotatable bonds is 5. The standard InChI is InChI=1S/C16H15F2N3O3/c1-19-16(23)14(9-3-5-11(17)12(18)7-9)21-15(22)10-4-6-13(24-2)20-8-10/h3-8,14H,1-2H3,(H,19,23)(H,21,22). The molecule has 0 saturated heterocycles. The number of hydrogen-bond acceptors (Lipinski definition) is 4. The van der Waals surface area contributed by atoms with E-state index in [2.05, 4.69) is 15.6 Å². The Kier molecular flexibility index (Phi) is 5.41. The number of hydrogen-bond donors (Lipinski definition) is 2. The van der Waals surface area contributed by atoms with Crippen LogP contribution in [0.2, 0.25) is 0 Å². The minimum absolute atomic E-state index is 0.114. The van der Waals surface area contributed by atoms with Crippen molar-refractivity contribution in [1.29, 1.82) is 0 Å². The van der Waals surface area contributed by atoms with Gasteiger partial charge in [-0.15, -0.1) is 0 Å². The van der Waals surface area contributed by atoms with Gasteiger partial charge < -0.3 is 15.4 Å². The van der Waals surface area contributed by atoms with Gasteiger partial charge in [0.2, 0.25) is 11.8 Å². The maximum atomic E-state index is 13.4. The average Bonchev–Trinajstić information content (AvgIpc) is 2.61. The first-order valence-corrected chi connectivity index (χ1v) is 6.93. The van der Waals surface area contributed by atoms with Crippen LogP contribution in [0.3, 0.4) is 0 Å². The van der Waals surface area contributed by atoms with E-state index in [1.54, 1.807) is 0 Å². The normalized spacial score (nSPS) is 11.5. The third-order valence-corrected chi connectivity index (χ3v) is 3.27. The van der Waals surface area contributed by atoms with Crippen molar-refractivity contribution in [3.63, 3.8) is 0 Å². The van der Waals surface area contributed by atoms with Gasteiger partial charge in [0, 0.05) is 19.3 Å². The highest BCUT2D eigenvalue weighted by molar-refractivity contribution is 5.97. The minimum atomic E-state index is -1.18. The number of carbonyl (C=O) groups is 2. The molecule has 0 aliphatic rings.